The number of nitrogens with zero attached hydrogens (tertiary/aromatic N) is 3. The first-order valence-electron chi connectivity index (χ1n) is 13.1. The van der Waals surface area contributed by atoms with Crippen LogP contribution in [0.3, 0.4) is 0 Å². The van der Waals surface area contributed by atoms with Crippen LogP contribution in [0.4, 0.5) is 9.18 Å². The van der Waals surface area contributed by atoms with E-state index in [2.05, 4.69) is 30.4 Å². The number of hydrogen-bond acceptors (Lipinski definition) is 5. The van der Waals surface area contributed by atoms with E-state index in [-0.39, 0.29) is 18.8 Å². The highest BCUT2D eigenvalue weighted by Crippen LogP contribution is 2.25. The molecule has 0 aliphatic heterocycles. The maximum absolute atomic E-state index is 13.8. The van der Waals surface area contributed by atoms with E-state index < -0.39 is 18.0 Å². The van der Waals surface area contributed by atoms with Crippen LogP contribution in [-0.4, -0.2) is 38.8 Å². The van der Waals surface area contributed by atoms with Crippen LogP contribution in [0.15, 0.2) is 96.5 Å². The molecule has 3 N–H and O–H groups in total. The van der Waals surface area contributed by atoms with Crippen molar-refractivity contribution in [1.29, 1.82) is 0 Å². The standard InChI is InChI=1S/C31H29FN6O3/c1-21-27(26-12-5-6-13-29(26)38(21)18-23-10-7-11-24(32)14-23)17-35-37-30(39)28(15-25-16-33-20-34-25)36-31(40)41-19-22-8-3-2-4-9-22/h2-14,16-17,20,28H,15,18-19H2,1H3,(H,33,34)(H,36,40)(H,37,39)/b35-17-/t28-/m1/s1. The molecule has 0 bridgehead atoms. The maximum atomic E-state index is 13.8. The topological polar surface area (TPSA) is 113 Å². The number of aromatic nitrogens is 3. The number of nitrogens with one attached hydrogen (secondary N) is 3. The molecule has 0 aliphatic rings. The highest BCUT2D eigenvalue weighted by molar-refractivity contribution is 6.01. The Kier molecular flexibility index (Phi) is 8.49. The molecule has 41 heavy (non-hydrogen) atoms. The van der Waals surface area contributed by atoms with Crippen LogP contribution in [0.25, 0.3) is 10.9 Å². The van der Waals surface area contributed by atoms with Gasteiger partial charge in [0.1, 0.15) is 18.5 Å². The Morgan fingerprint density at radius 1 is 1.07 bits per heavy atom. The minimum atomic E-state index is -0.966. The number of carbonyl (C=O) groups excluding carboxylic acids is 2. The molecule has 9 nitrogen and oxygen atoms in total. The molecule has 0 saturated heterocycles. The Morgan fingerprint density at radius 2 is 1.85 bits per heavy atom. The monoisotopic (exact) mass is 552 g/mol. The van der Waals surface area contributed by atoms with E-state index in [0.717, 1.165) is 33.3 Å². The summed E-state index contributed by atoms with van der Waals surface area (Å²) < 4.78 is 21.2. The Hall–Kier alpha value is -5.25. The molecule has 3 aromatic carbocycles. The second-order valence-electron chi connectivity index (χ2n) is 9.51. The number of fused-ring (bicyclic) bond motifs is 1. The molecule has 10 heteroatoms. The number of hydrazone groups is 1. The molecular formula is C31H29FN6O3. The molecule has 208 valence electrons. The summed E-state index contributed by atoms with van der Waals surface area (Å²) in [5, 5.41) is 7.78. The van der Waals surface area contributed by atoms with Gasteiger partial charge in [0.2, 0.25) is 0 Å². The average Bonchev–Trinajstić information content (AvgIpc) is 3.59. The fourth-order valence-corrected chi connectivity index (χ4v) is 4.61. The summed E-state index contributed by atoms with van der Waals surface area (Å²) in [5.41, 5.74) is 7.55. The lowest BCUT2D eigenvalue weighted by Gasteiger charge is -2.16. The van der Waals surface area contributed by atoms with Crippen molar-refractivity contribution in [2.75, 3.05) is 0 Å². The average molecular weight is 553 g/mol. The van der Waals surface area contributed by atoms with Gasteiger partial charge < -0.3 is 19.6 Å². The molecule has 2 amide bonds. The zero-order valence-electron chi connectivity index (χ0n) is 22.4. The van der Waals surface area contributed by atoms with Crippen molar-refractivity contribution in [1.82, 2.24) is 25.3 Å². The predicted molar refractivity (Wildman–Crippen MR) is 154 cm³/mol. The fourth-order valence-electron chi connectivity index (χ4n) is 4.61. The van der Waals surface area contributed by atoms with Gasteiger partial charge in [-0.15, -0.1) is 0 Å². The summed E-state index contributed by atoms with van der Waals surface area (Å²) in [6.07, 6.45) is 4.09. The van der Waals surface area contributed by atoms with E-state index in [1.54, 1.807) is 18.5 Å². The fraction of sp³-hybridized carbons (Fsp3) is 0.161. The van der Waals surface area contributed by atoms with Crippen LogP contribution in [0.2, 0.25) is 0 Å². The third-order valence-corrected chi connectivity index (χ3v) is 6.68. The lowest BCUT2D eigenvalue weighted by atomic mass is 10.1. The molecule has 0 aliphatic carbocycles. The highest BCUT2D eigenvalue weighted by atomic mass is 19.1. The number of para-hydroxylation sites is 1. The van der Waals surface area contributed by atoms with Gasteiger partial charge in [0.05, 0.1) is 12.5 Å². The Balaban J connectivity index is 1.30. The first-order valence-corrected chi connectivity index (χ1v) is 13.1. The third-order valence-electron chi connectivity index (χ3n) is 6.68. The number of hydrogen-bond donors (Lipinski definition) is 3. The minimum absolute atomic E-state index is 0.0716. The van der Waals surface area contributed by atoms with E-state index in [4.69, 9.17) is 4.74 Å². The molecule has 0 unspecified atom stereocenters. The van der Waals surface area contributed by atoms with Crippen molar-refractivity contribution in [3.63, 3.8) is 0 Å². The van der Waals surface area contributed by atoms with Gasteiger partial charge in [0.15, 0.2) is 0 Å². The van der Waals surface area contributed by atoms with Gasteiger partial charge in [-0.25, -0.2) is 19.6 Å². The number of aromatic amines is 1. The van der Waals surface area contributed by atoms with Crippen LogP contribution in [0, 0.1) is 12.7 Å². The molecule has 1 atom stereocenters. The van der Waals surface area contributed by atoms with Crippen LogP contribution >= 0.6 is 0 Å². The molecule has 2 aromatic heterocycles. The number of carbonyl (C=O) groups is 2. The van der Waals surface area contributed by atoms with Crippen molar-refractivity contribution in [2.24, 2.45) is 5.10 Å². The van der Waals surface area contributed by atoms with Crippen LogP contribution in [0.1, 0.15) is 28.1 Å². The second kappa shape index (κ2) is 12.7. The maximum Gasteiger partial charge on any atom is 0.408 e. The Bertz CT molecular complexity index is 1660. The number of imidazole rings is 1. The second-order valence-corrected chi connectivity index (χ2v) is 9.51. The van der Waals surface area contributed by atoms with E-state index in [1.165, 1.54) is 18.5 Å². The quantitative estimate of drug-likeness (QED) is 0.170. The predicted octanol–water partition coefficient (Wildman–Crippen LogP) is 4.85. The van der Waals surface area contributed by atoms with E-state index in [9.17, 15) is 14.0 Å². The first kappa shape index (κ1) is 27.3. The lowest BCUT2D eigenvalue weighted by Crippen LogP contribution is -2.47. The molecule has 5 aromatic rings. The normalized spacial score (nSPS) is 12.0. The minimum Gasteiger partial charge on any atom is -0.445 e. The molecule has 0 radical (unpaired) electrons. The summed E-state index contributed by atoms with van der Waals surface area (Å²) in [6, 6.07) is 22.6. The van der Waals surface area contributed by atoms with E-state index in [0.29, 0.717) is 12.2 Å². The Morgan fingerprint density at radius 3 is 2.63 bits per heavy atom. The van der Waals surface area contributed by atoms with Crippen molar-refractivity contribution < 1.29 is 18.7 Å². The SMILES string of the molecule is Cc1c(/C=N\NC(=O)[C@@H](Cc2cnc[nH]2)NC(=O)OCc2ccccc2)c2ccccc2n1Cc1cccc(F)c1. The molecule has 2 heterocycles. The lowest BCUT2D eigenvalue weighted by molar-refractivity contribution is -0.123. The number of benzene rings is 3. The van der Waals surface area contributed by atoms with E-state index >= 15 is 0 Å². The van der Waals surface area contributed by atoms with Crippen LogP contribution < -0.4 is 10.7 Å². The largest absolute Gasteiger partial charge is 0.445 e. The van der Waals surface area contributed by atoms with Gasteiger partial charge in [-0.3, -0.25) is 4.79 Å². The van der Waals surface area contributed by atoms with Gasteiger partial charge in [0.25, 0.3) is 5.91 Å². The number of rotatable bonds is 10. The number of halogens is 1. The van der Waals surface area contributed by atoms with Gasteiger partial charge >= 0.3 is 6.09 Å². The van der Waals surface area contributed by atoms with Crippen molar-refractivity contribution in [3.05, 3.63) is 125 Å². The van der Waals surface area contributed by atoms with Crippen molar-refractivity contribution in [2.45, 2.75) is 32.5 Å². The summed E-state index contributed by atoms with van der Waals surface area (Å²) >= 11 is 0. The first-order chi connectivity index (χ1) is 20.0. The molecule has 0 saturated carbocycles. The van der Waals surface area contributed by atoms with Gasteiger partial charge in [0, 0.05) is 47.0 Å². The summed E-state index contributed by atoms with van der Waals surface area (Å²) in [6.45, 7) is 2.50. The van der Waals surface area contributed by atoms with Gasteiger partial charge in [-0.1, -0.05) is 60.7 Å². The smallest absolute Gasteiger partial charge is 0.408 e. The zero-order chi connectivity index (χ0) is 28.6. The Labute approximate surface area is 236 Å². The molecule has 0 spiro atoms. The number of alkyl carbamates (subject to hydrolysis) is 1. The zero-order valence-corrected chi connectivity index (χ0v) is 22.4. The summed E-state index contributed by atoms with van der Waals surface area (Å²) in [5.74, 6) is -0.808. The summed E-state index contributed by atoms with van der Waals surface area (Å²) in [7, 11) is 0. The number of amides is 2. The number of H-pyrrole nitrogens is 1. The van der Waals surface area contributed by atoms with Crippen molar-refractivity contribution in [3.8, 4) is 0 Å². The van der Waals surface area contributed by atoms with Crippen LogP contribution in [-0.2, 0) is 29.1 Å². The molecular weight excluding hydrogens is 523 g/mol. The van der Waals surface area contributed by atoms with E-state index in [1.807, 2.05) is 67.6 Å². The third kappa shape index (κ3) is 6.85. The number of ether oxygens (including phenoxy) is 1. The molecule has 0 fully saturated rings. The molecule has 5 rings (SSSR count). The van der Waals surface area contributed by atoms with Crippen LogP contribution in [0.5, 0.6) is 0 Å². The van der Waals surface area contributed by atoms with Gasteiger partial charge in [-0.05, 0) is 36.2 Å². The summed E-state index contributed by atoms with van der Waals surface area (Å²) in [4.78, 5) is 32.6. The highest BCUT2D eigenvalue weighted by Gasteiger charge is 2.23. The van der Waals surface area contributed by atoms with Crippen molar-refractivity contribution >= 4 is 29.1 Å². The van der Waals surface area contributed by atoms with Gasteiger partial charge in [-0.2, -0.15) is 5.10 Å².